The Kier molecular flexibility index (Phi) is 8.72. The normalized spacial score (nSPS) is 10.9. The van der Waals surface area contributed by atoms with Crippen LogP contribution in [0.3, 0.4) is 0 Å². The summed E-state index contributed by atoms with van der Waals surface area (Å²) in [4.78, 5) is 0. The van der Waals surface area contributed by atoms with E-state index in [2.05, 4.69) is 6.92 Å². The van der Waals surface area contributed by atoms with Gasteiger partial charge in [0.25, 0.3) is 0 Å². The summed E-state index contributed by atoms with van der Waals surface area (Å²) in [5.41, 5.74) is 0. The molecule has 0 aliphatic rings. The van der Waals surface area contributed by atoms with E-state index in [4.69, 9.17) is 10.2 Å². The van der Waals surface area contributed by atoms with Crippen LogP contribution in [0.1, 0.15) is 32.6 Å². The number of unbranched alkanes of at least 4 members (excludes halogenated alkanes) is 3. The summed E-state index contributed by atoms with van der Waals surface area (Å²) in [6.07, 6.45) is 6.35. The van der Waals surface area contributed by atoms with Crippen LogP contribution in [0.2, 0.25) is 0 Å². The highest BCUT2D eigenvalue weighted by atomic mass is 31.1. The van der Waals surface area contributed by atoms with Crippen LogP contribution in [-0.4, -0.2) is 29.1 Å². The minimum atomic E-state index is -0.462. The molecule has 0 aromatic rings. The second kappa shape index (κ2) is 8.45. The first-order valence-electron chi connectivity index (χ1n) is 4.29. The van der Waals surface area contributed by atoms with Gasteiger partial charge in [0.2, 0.25) is 0 Å². The van der Waals surface area contributed by atoms with Gasteiger partial charge in [-0.2, -0.15) is 0 Å². The van der Waals surface area contributed by atoms with Gasteiger partial charge >= 0.3 is 0 Å². The van der Waals surface area contributed by atoms with Gasteiger partial charge in [-0.05, 0) is 12.6 Å². The summed E-state index contributed by atoms with van der Waals surface area (Å²) in [5, 5.41) is 17.5. The van der Waals surface area contributed by atoms with Crippen molar-refractivity contribution < 1.29 is 10.2 Å². The molecule has 0 aromatic heterocycles. The van der Waals surface area contributed by atoms with E-state index < -0.39 is 7.92 Å². The molecule has 0 aliphatic heterocycles. The molecule has 11 heavy (non-hydrogen) atoms. The molecule has 0 aliphatic carbocycles. The van der Waals surface area contributed by atoms with Gasteiger partial charge < -0.3 is 10.2 Å². The number of rotatable bonds is 7. The van der Waals surface area contributed by atoms with Crippen LogP contribution in [0.15, 0.2) is 0 Å². The smallest absolute Gasteiger partial charge is 0.0646 e. The predicted octanol–water partition coefficient (Wildman–Crippen LogP) is 1.95. The molecule has 2 N–H and O–H groups in total. The monoisotopic (exact) mass is 178 g/mol. The second-order valence-corrected chi connectivity index (χ2v) is 5.09. The van der Waals surface area contributed by atoms with Crippen molar-refractivity contribution in [1.29, 1.82) is 0 Å². The third-order valence-electron chi connectivity index (χ3n) is 1.73. The minimum Gasteiger partial charge on any atom is -0.392 e. The molecule has 0 rings (SSSR count). The van der Waals surface area contributed by atoms with Gasteiger partial charge in [0.15, 0.2) is 0 Å². The molecule has 0 amide bonds. The highest BCUT2D eigenvalue weighted by molar-refractivity contribution is 7.57. The van der Waals surface area contributed by atoms with Crippen molar-refractivity contribution in [1.82, 2.24) is 0 Å². The lowest BCUT2D eigenvalue weighted by molar-refractivity contribution is 0.343. The molecule has 0 saturated heterocycles. The lowest BCUT2D eigenvalue weighted by atomic mass is 10.2. The van der Waals surface area contributed by atoms with E-state index in [0.717, 1.165) is 6.16 Å². The zero-order chi connectivity index (χ0) is 8.53. The minimum absolute atomic E-state index is 0.192. The van der Waals surface area contributed by atoms with Crippen LogP contribution in [0, 0.1) is 0 Å². The summed E-state index contributed by atoms with van der Waals surface area (Å²) in [7, 11) is -0.462. The molecule has 0 heterocycles. The molecular weight excluding hydrogens is 159 g/mol. The molecule has 3 heteroatoms. The first-order chi connectivity index (χ1) is 5.35. The molecular formula is C8H19O2P. The topological polar surface area (TPSA) is 40.5 Å². The van der Waals surface area contributed by atoms with E-state index in [1.54, 1.807) is 0 Å². The summed E-state index contributed by atoms with van der Waals surface area (Å²) >= 11 is 0. The predicted molar refractivity (Wildman–Crippen MR) is 50.1 cm³/mol. The van der Waals surface area contributed by atoms with Gasteiger partial charge in [0.05, 0.1) is 12.7 Å². The average Bonchev–Trinajstić information content (AvgIpc) is 2.05. The summed E-state index contributed by atoms with van der Waals surface area (Å²) in [6.45, 7) is 2.18. The Morgan fingerprint density at radius 3 is 2.09 bits per heavy atom. The molecule has 0 radical (unpaired) electrons. The van der Waals surface area contributed by atoms with Crippen molar-refractivity contribution >= 4 is 7.92 Å². The Balaban J connectivity index is 3.07. The standard InChI is InChI=1S/C8H19O2P/c1-2-3-4-5-6-11(7-9)8-10/h9-10H,2-8H2,1H3. The van der Waals surface area contributed by atoms with E-state index in [0.29, 0.717) is 0 Å². The van der Waals surface area contributed by atoms with Gasteiger partial charge in [0, 0.05) is 0 Å². The third-order valence-corrected chi connectivity index (χ3v) is 3.48. The van der Waals surface area contributed by atoms with Crippen molar-refractivity contribution in [3.8, 4) is 0 Å². The molecule has 0 atom stereocenters. The fourth-order valence-corrected chi connectivity index (χ4v) is 1.99. The van der Waals surface area contributed by atoms with Crippen LogP contribution in [0.25, 0.3) is 0 Å². The largest absolute Gasteiger partial charge is 0.392 e. The van der Waals surface area contributed by atoms with Gasteiger partial charge in [-0.25, -0.2) is 0 Å². The fourth-order valence-electron chi connectivity index (χ4n) is 0.948. The zero-order valence-corrected chi connectivity index (χ0v) is 8.19. The zero-order valence-electron chi connectivity index (χ0n) is 7.29. The van der Waals surface area contributed by atoms with Gasteiger partial charge in [-0.15, -0.1) is 0 Å². The number of aliphatic hydroxyl groups excluding tert-OH is 2. The first-order valence-corrected chi connectivity index (χ1v) is 6.19. The lowest BCUT2D eigenvalue weighted by Crippen LogP contribution is -1.93. The highest BCUT2D eigenvalue weighted by Gasteiger charge is 2.02. The summed E-state index contributed by atoms with van der Waals surface area (Å²) < 4.78 is 0. The van der Waals surface area contributed by atoms with Crippen molar-refractivity contribution in [2.45, 2.75) is 32.6 Å². The quantitative estimate of drug-likeness (QED) is 0.462. The van der Waals surface area contributed by atoms with E-state index >= 15 is 0 Å². The summed E-state index contributed by atoms with van der Waals surface area (Å²) in [5.74, 6) is 0. The van der Waals surface area contributed by atoms with E-state index in [1.807, 2.05) is 0 Å². The van der Waals surface area contributed by atoms with E-state index in [9.17, 15) is 0 Å². The molecule has 0 bridgehead atoms. The van der Waals surface area contributed by atoms with Crippen molar-refractivity contribution in [3.63, 3.8) is 0 Å². The van der Waals surface area contributed by atoms with Crippen LogP contribution in [0.4, 0.5) is 0 Å². The Hall–Kier alpha value is 0.350. The lowest BCUT2D eigenvalue weighted by Gasteiger charge is -2.10. The van der Waals surface area contributed by atoms with Gasteiger partial charge in [0.1, 0.15) is 0 Å². The third kappa shape index (κ3) is 6.74. The fraction of sp³-hybridized carbons (Fsp3) is 1.00. The maximum atomic E-state index is 8.75. The molecule has 0 unspecified atom stereocenters. The van der Waals surface area contributed by atoms with Crippen LogP contribution >= 0.6 is 7.92 Å². The second-order valence-electron chi connectivity index (χ2n) is 2.74. The summed E-state index contributed by atoms with van der Waals surface area (Å²) in [6, 6.07) is 0. The maximum Gasteiger partial charge on any atom is 0.0646 e. The first kappa shape index (κ1) is 11.4. The number of hydrogen-bond acceptors (Lipinski definition) is 2. The van der Waals surface area contributed by atoms with Gasteiger partial charge in [-0.3, -0.25) is 0 Å². The average molecular weight is 178 g/mol. The number of hydrogen-bond donors (Lipinski definition) is 2. The Morgan fingerprint density at radius 2 is 1.64 bits per heavy atom. The maximum absolute atomic E-state index is 8.75. The van der Waals surface area contributed by atoms with Crippen molar-refractivity contribution in [2.24, 2.45) is 0 Å². The van der Waals surface area contributed by atoms with Crippen LogP contribution in [-0.2, 0) is 0 Å². The Bertz CT molecular complexity index is 74.5. The highest BCUT2D eigenvalue weighted by Crippen LogP contribution is 2.33. The van der Waals surface area contributed by atoms with Crippen molar-refractivity contribution in [3.05, 3.63) is 0 Å². The number of aliphatic hydroxyl groups is 2. The van der Waals surface area contributed by atoms with Crippen molar-refractivity contribution in [2.75, 3.05) is 18.9 Å². The molecule has 0 saturated carbocycles. The van der Waals surface area contributed by atoms with Crippen LogP contribution < -0.4 is 0 Å². The Morgan fingerprint density at radius 1 is 1.00 bits per heavy atom. The Labute approximate surface area is 70.4 Å². The van der Waals surface area contributed by atoms with Gasteiger partial charge in [-0.1, -0.05) is 34.1 Å². The molecule has 0 aromatic carbocycles. The molecule has 0 spiro atoms. The molecule has 68 valence electrons. The van der Waals surface area contributed by atoms with Crippen LogP contribution in [0.5, 0.6) is 0 Å². The van der Waals surface area contributed by atoms with E-state index in [1.165, 1.54) is 25.7 Å². The SMILES string of the molecule is CCCCCCP(CO)CO. The van der Waals surface area contributed by atoms with E-state index in [-0.39, 0.29) is 12.7 Å². The molecule has 0 fully saturated rings. The molecule has 2 nitrogen and oxygen atoms in total.